The van der Waals surface area contributed by atoms with Gasteiger partial charge in [-0.15, -0.1) is 0 Å². The van der Waals surface area contributed by atoms with Crippen molar-refractivity contribution in [2.24, 2.45) is 0 Å². The highest BCUT2D eigenvalue weighted by Crippen LogP contribution is 2.15. The summed E-state index contributed by atoms with van der Waals surface area (Å²) in [4.78, 5) is 14.8. The van der Waals surface area contributed by atoms with Crippen molar-refractivity contribution in [3.63, 3.8) is 0 Å². The highest BCUT2D eigenvalue weighted by Gasteiger charge is 2.21. The normalized spacial score (nSPS) is 16.9. The van der Waals surface area contributed by atoms with Crippen LogP contribution in [0.3, 0.4) is 0 Å². The first kappa shape index (κ1) is 9.75. The molecule has 7 heteroatoms. The summed E-state index contributed by atoms with van der Waals surface area (Å²) < 4.78 is 5.10. The summed E-state index contributed by atoms with van der Waals surface area (Å²) in [6, 6.07) is 0.495. The molecule has 0 bridgehead atoms. The van der Waals surface area contributed by atoms with Gasteiger partial charge in [0.2, 0.25) is 5.91 Å². The van der Waals surface area contributed by atoms with Crippen LogP contribution in [0, 0.1) is 0 Å². The second-order valence-electron chi connectivity index (χ2n) is 3.42. The SMILES string of the molecule is CC(=O)N1CCN(c2nnc(N)o2)CC1. The van der Waals surface area contributed by atoms with Crippen molar-refractivity contribution in [2.45, 2.75) is 6.92 Å². The van der Waals surface area contributed by atoms with E-state index in [4.69, 9.17) is 10.2 Å². The van der Waals surface area contributed by atoms with Crippen LogP contribution >= 0.6 is 0 Å². The van der Waals surface area contributed by atoms with Crippen molar-refractivity contribution in [1.29, 1.82) is 0 Å². The highest BCUT2D eigenvalue weighted by atomic mass is 16.4. The third kappa shape index (κ3) is 2.00. The monoisotopic (exact) mass is 211 g/mol. The Balaban J connectivity index is 1.96. The molecule has 2 N–H and O–H groups in total. The molecule has 0 saturated carbocycles. The molecule has 1 amide bonds. The summed E-state index contributed by atoms with van der Waals surface area (Å²) in [6.45, 7) is 4.32. The molecular formula is C8H13N5O2. The molecule has 1 aliphatic heterocycles. The number of hydrogen-bond donors (Lipinski definition) is 1. The first-order chi connectivity index (χ1) is 7.16. The van der Waals surface area contributed by atoms with Crippen LogP contribution in [0.5, 0.6) is 0 Å². The second-order valence-corrected chi connectivity index (χ2v) is 3.42. The predicted molar refractivity (Wildman–Crippen MR) is 53.2 cm³/mol. The van der Waals surface area contributed by atoms with Crippen LogP contribution in [0.1, 0.15) is 6.92 Å². The van der Waals surface area contributed by atoms with E-state index in [1.807, 2.05) is 4.90 Å². The number of aromatic nitrogens is 2. The van der Waals surface area contributed by atoms with E-state index in [1.165, 1.54) is 0 Å². The lowest BCUT2D eigenvalue weighted by molar-refractivity contribution is -0.129. The lowest BCUT2D eigenvalue weighted by Gasteiger charge is -2.32. The fourth-order valence-electron chi connectivity index (χ4n) is 1.57. The third-order valence-electron chi connectivity index (χ3n) is 2.43. The van der Waals surface area contributed by atoms with E-state index in [0.717, 1.165) is 0 Å². The van der Waals surface area contributed by atoms with E-state index >= 15 is 0 Å². The van der Waals surface area contributed by atoms with Crippen LogP contribution in [-0.2, 0) is 4.79 Å². The zero-order chi connectivity index (χ0) is 10.8. The third-order valence-corrected chi connectivity index (χ3v) is 2.43. The fourth-order valence-corrected chi connectivity index (χ4v) is 1.57. The summed E-state index contributed by atoms with van der Waals surface area (Å²) in [5, 5.41) is 7.38. The average Bonchev–Trinajstić information content (AvgIpc) is 2.65. The van der Waals surface area contributed by atoms with Gasteiger partial charge >= 0.3 is 12.0 Å². The Morgan fingerprint density at radius 1 is 1.33 bits per heavy atom. The molecule has 0 aliphatic carbocycles. The van der Waals surface area contributed by atoms with Crippen LogP contribution in [0.25, 0.3) is 0 Å². The molecule has 1 aromatic heterocycles. The number of nitrogens with two attached hydrogens (primary N) is 1. The minimum atomic E-state index is 0.0685. The largest absolute Gasteiger partial charge is 0.390 e. The van der Waals surface area contributed by atoms with Crippen molar-refractivity contribution >= 4 is 17.9 Å². The van der Waals surface area contributed by atoms with Gasteiger partial charge in [0.1, 0.15) is 0 Å². The summed E-state index contributed by atoms with van der Waals surface area (Å²) in [6.07, 6.45) is 0. The van der Waals surface area contributed by atoms with E-state index in [-0.39, 0.29) is 11.9 Å². The summed E-state index contributed by atoms with van der Waals surface area (Å²) in [7, 11) is 0. The Hall–Kier alpha value is -1.79. The van der Waals surface area contributed by atoms with Crippen molar-refractivity contribution in [1.82, 2.24) is 15.1 Å². The van der Waals surface area contributed by atoms with Gasteiger partial charge in [0.25, 0.3) is 0 Å². The summed E-state index contributed by atoms with van der Waals surface area (Å²) in [5.74, 6) is 0.0969. The lowest BCUT2D eigenvalue weighted by Crippen LogP contribution is -2.48. The Labute approximate surface area is 86.8 Å². The topological polar surface area (TPSA) is 88.5 Å². The molecule has 0 radical (unpaired) electrons. The first-order valence-corrected chi connectivity index (χ1v) is 4.76. The van der Waals surface area contributed by atoms with E-state index in [9.17, 15) is 4.79 Å². The van der Waals surface area contributed by atoms with Crippen molar-refractivity contribution in [2.75, 3.05) is 36.8 Å². The van der Waals surface area contributed by atoms with Gasteiger partial charge in [-0.1, -0.05) is 10.2 Å². The molecule has 15 heavy (non-hydrogen) atoms. The number of anilines is 2. The zero-order valence-electron chi connectivity index (χ0n) is 8.51. The molecule has 2 rings (SSSR count). The maximum Gasteiger partial charge on any atom is 0.319 e. The molecule has 1 fully saturated rings. The minimum absolute atomic E-state index is 0.0685. The second kappa shape index (κ2) is 3.76. The minimum Gasteiger partial charge on any atom is -0.390 e. The molecule has 1 aliphatic rings. The summed E-state index contributed by atoms with van der Waals surface area (Å²) in [5.41, 5.74) is 5.33. The van der Waals surface area contributed by atoms with Crippen LogP contribution in [0.4, 0.5) is 12.0 Å². The summed E-state index contributed by atoms with van der Waals surface area (Å²) >= 11 is 0. The van der Waals surface area contributed by atoms with E-state index in [2.05, 4.69) is 10.2 Å². The Bertz CT molecular complexity index is 356. The molecule has 82 valence electrons. The molecule has 0 aromatic carbocycles. The number of amides is 1. The number of hydrogen-bond acceptors (Lipinski definition) is 6. The van der Waals surface area contributed by atoms with Gasteiger partial charge in [0.05, 0.1) is 0 Å². The highest BCUT2D eigenvalue weighted by molar-refractivity contribution is 5.73. The van der Waals surface area contributed by atoms with Crippen LogP contribution in [0.2, 0.25) is 0 Å². The Morgan fingerprint density at radius 3 is 2.47 bits per heavy atom. The number of rotatable bonds is 1. The van der Waals surface area contributed by atoms with Crippen LogP contribution in [-0.4, -0.2) is 47.2 Å². The molecule has 1 aromatic rings. The maximum atomic E-state index is 11.1. The molecule has 7 nitrogen and oxygen atoms in total. The van der Waals surface area contributed by atoms with Gasteiger partial charge in [-0.05, 0) is 0 Å². The molecule has 2 heterocycles. The average molecular weight is 211 g/mol. The molecule has 0 spiro atoms. The van der Waals surface area contributed by atoms with Gasteiger partial charge in [-0.2, -0.15) is 0 Å². The lowest BCUT2D eigenvalue weighted by atomic mass is 10.3. The van der Waals surface area contributed by atoms with Gasteiger partial charge in [-0.3, -0.25) is 4.79 Å². The van der Waals surface area contributed by atoms with Crippen molar-refractivity contribution in [3.05, 3.63) is 0 Å². The van der Waals surface area contributed by atoms with Crippen molar-refractivity contribution < 1.29 is 9.21 Å². The number of piperazine rings is 1. The molecule has 0 unspecified atom stereocenters. The van der Waals surface area contributed by atoms with E-state index < -0.39 is 0 Å². The number of carbonyl (C=O) groups is 1. The number of nitrogen functional groups attached to an aromatic ring is 1. The Kier molecular flexibility index (Phi) is 2.44. The van der Waals surface area contributed by atoms with Gasteiger partial charge in [-0.25, -0.2) is 0 Å². The van der Waals surface area contributed by atoms with E-state index in [1.54, 1.807) is 11.8 Å². The van der Waals surface area contributed by atoms with Gasteiger partial charge in [0, 0.05) is 33.1 Å². The molecule has 1 saturated heterocycles. The van der Waals surface area contributed by atoms with Crippen molar-refractivity contribution in [3.8, 4) is 0 Å². The van der Waals surface area contributed by atoms with Gasteiger partial charge < -0.3 is 20.0 Å². The smallest absolute Gasteiger partial charge is 0.319 e. The van der Waals surface area contributed by atoms with E-state index in [0.29, 0.717) is 32.2 Å². The number of nitrogens with zero attached hydrogens (tertiary/aromatic N) is 4. The fraction of sp³-hybridized carbons (Fsp3) is 0.625. The maximum absolute atomic E-state index is 11.1. The zero-order valence-corrected chi connectivity index (χ0v) is 8.51. The predicted octanol–water partition coefficient (Wildman–Crippen LogP) is -0.680. The first-order valence-electron chi connectivity index (χ1n) is 4.76. The number of carbonyl (C=O) groups excluding carboxylic acids is 1. The Morgan fingerprint density at radius 2 is 2.00 bits per heavy atom. The molecule has 0 atom stereocenters. The van der Waals surface area contributed by atoms with Crippen LogP contribution < -0.4 is 10.6 Å². The standard InChI is InChI=1S/C8H13N5O2/c1-6(14)12-2-4-13(5-3-12)8-11-10-7(9)15-8/h2-5H2,1H3,(H2,9,10). The quantitative estimate of drug-likeness (QED) is 0.662. The molecular weight excluding hydrogens is 198 g/mol. The van der Waals surface area contributed by atoms with Crippen LogP contribution in [0.15, 0.2) is 4.42 Å². The van der Waals surface area contributed by atoms with Gasteiger partial charge in [0.15, 0.2) is 0 Å².